The standard InChI is InChI=1S/C19H22FN5OS/c1-4-12-5-11(2)6-15(26)17(12)25-10-16-18(23-25)22-19(27-16)21-14-7-13(20)8-24(3)9-14/h5-6,10,13,26H,4,7-9H2,1-3H3/b21-14+/t13-/m1/s1. The third kappa shape index (κ3) is 3.59. The Morgan fingerprint density at radius 3 is 2.93 bits per heavy atom. The Morgan fingerprint density at radius 2 is 2.22 bits per heavy atom. The van der Waals surface area contributed by atoms with E-state index in [9.17, 15) is 9.50 Å². The van der Waals surface area contributed by atoms with Crippen molar-refractivity contribution in [3.8, 4) is 11.4 Å². The van der Waals surface area contributed by atoms with Gasteiger partial charge in [-0.3, -0.25) is 4.90 Å². The molecule has 0 bridgehead atoms. The molecule has 1 aliphatic rings. The van der Waals surface area contributed by atoms with Gasteiger partial charge in [-0.25, -0.2) is 14.1 Å². The topological polar surface area (TPSA) is 66.5 Å². The number of likely N-dealkylation sites (tertiary alicyclic amines) is 1. The van der Waals surface area contributed by atoms with Gasteiger partial charge in [0, 0.05) is 25.2 Å². The van der Waals surface area contributed by atoms with E-state index >= 15 is 0 Å². The quantitative estimate of drug-likeness (QED) is 0.742. The number of piperidine rings is 1. The van der Waals surface area contributed by atoms with Gasteiger partial charge in [0.15, 0.2) is 5.65 Å². The monoisotopic (exact) mass is 387 g/mol. The number of halogens is 1. The third-order valence-corrected chi connectivity index (χ3v) is 5.53. The summed E-state index contributed by atoms with van der Waals surface area (Å²) in [6.07, 6.45) is 2.14. The predicted octanol–water partition coefficient (Wildman–Crippen LogP) is 3.80. The van der Waals surface area contributed by atoms with Crippen molar-refractivity contribution in [2.24, 2.45) is 4.99 Å². The summed E-state index contributed by atoms with van der Waals surface area (Å²) in [5, 5.41) is 15.5. The fraction of sp³-hybridized carbons (Fsp3) is 0.421. The van der Waals surface area contributed by atoms with E-state index in [2.05, 4.69) is 28.1 Å². The van der Waals surface area contributed by atoms with Crippen molar-refractivity contribution in [2.45, 2.75) is 32.9 Å². The molecule has 0 aliphatic carbocycles. The van der Waals surface area contributed by atoms with Gasteiger partial charge in [-0.1, -0.05) is 24.3 Å². The third-order valence-electron chi connectivity index (χ3n) is 4.66. The lowest BCUT2D eigenvalue weighted by atomic mass is 10.1. The molecule has 3 aromatic rings. The van der Waals surface area contributed by atoms with E-state index in [4.69, 9.17) is 0 Å². The summed E-state index contributed by atoms with van der Waals surface area (Å²) in [6.45, 7) is 5.12. The first-order chi connectivity index (χ1) is 12.9. The summed E-state index contributed by atoms with van der Waals surface area (Å²) >= 11 is 1.43. The summed E-state index contributed by atoms with van der Waals surface area (Å²) in [4.78, 5) is 10.9. The van der Waals surface area contributed by atoms with Crippen LogP contribution in [-0.2, 0) is 6.42 Å². The van der Waals surface area contributed by atoms with E-state index < -0.39 is 6.17 Å². The average molecular weight is 387 g/mol. The molecule has 0 spiro atoms. The summed E-state index contributed by atoms with van der Waals surface area (Å²) in [5.41, 5.74) is 4.13. The number of fused-ring (bicyclic) bond motifs is 1. The van der Waals surface area contributed by atoms with Crippen LogP contribution in [-0.4, -0.2) is 56.8 Å². The summed E-state index contributed by atoms with van der Waals surface area (Å²) < 4.78 is 16.3. The van der Waals surface area contributed by atoms with E-state index in [0.717, 1.165) is 28.0 Å². The highest BCUT2D eigenvalue weighted by Crippen LogP contribution is 2.32. The molecule has 0 radical (unpaired) electrons. The molecule has 1 fully saturated rings. The Hall–Kier alpha value is -2.32. The van der Waals surface area contributed by atoms with E-state index in [1.165, 1.54) is 11.3 Å². The lowest BCUT2D eigenvalue weighted by Crippen LogP contribution is -2.39. The number of thiazole rings is 1. The number of nitrogens with zero attached hydrogens (tertiary/aromatic N) is 5. The summed E-state index contributed by atoms with van der Waals surface area (Å²) in [7, 11) is 1.89. The molecule has 0 saturated carbocycles. The Bertz CT molecular complexity index is 981. The van der Waals surface area contributed by atoms with Crippen molar-refractivity contribution < 1.29 is 9.50 Å². The minimum absolute atomic E-state index is 0.210. The highest BCUT2D eigenvalue weighted by molar-refractivity contribution is 7.21. The van der Waals surface area contributed by atoms with E-state index in [0.29, 0.717) is 36.0 Å². The molecule has 4 rings (SSSR count). The molecular weight excluding hydrogens is 365 g/mol. The van der Waals surface area contributed by atoms with Gasteiger partial charge in [0.25, 0.3) is 0 Å². The Morgan fingerprint density at radius 1 is 1.41 bits per heavy atom. The van der Waals surface area contributed by atoms with Crippen LogP contribution >= 0.6 is 11.3 Å². The zero-order valence-corrected chi connectivity index (χ0v) is 16.4. The van der Waals surface area contributed by atoms with E-state index in [1.807, 2.05) is 25.1 Å². The molecule has 27 heavy (non-hydrogen) atoms. The SMILES string of the molecule is CCc1cc(C)cc(O)c1-n1cc2sc(/N=C3\C[C@@H](F)CN(C)C3)nc2n1. The number of alkyl halides is 1. The molecule has 1 atom stereocenters. The number of phenols is 1. The number of aromatic nitrogens is 3. The predicted molar refractivity (Wildman–Crippen MR) is 107 cm³/mol. The van der Waals surface area contributed by atoms with Crippen LogP contribution in [0.15, 0.2) is 23.3 Å². The maximum atomic E-state index is 13.7. The highest BCUT2D eigenvalue weighted by Gasteiger charge is 2.22. The van der Waals surface area contributed by atoms with Crippen LogP contribution in [0.3, 0.4) is 0 Å². The number of hydrogen-bond acceptors (Lipinski definition) is 6. The van der Waals surface area contributed by atoms with Crippen LogP contribution in [0, 0.1) is 6.92 Å². The molecule has 1 aromatic carbocycles. The van der Waals surface area contributed by atoms with Gasteiger partial charge in [-0.2, -0.15) is 4.98 Å². The van der Waals surface area contributed by atoms with Gasteiger partial charge in [0.1, 0.15) is 17.6 Å². The molecule has 8 heteroatoms. The second-order valence-electron chi connectivity index (χ2n) is 7.08. The van der Waals surface area contributed by atoms with E-state index in [1.54, 1.807) is 10.7 Å². The van der Waals surface area contributed by atoms with Gasteiger partial charge >= 0.3 is 0 Å². The molecular formula is C19H22FN5OS. The van der Waals surface area contributed by atoms with Gasteiger partial charge < -0.3 is 5.11 Å². The number of phenolic OH excluding ortho intramolecular Hbond substituents is 1. The smallest absolute Gasteiger partial charge is 0.211 e. The van der Waals surface area contributed by atoms with E-state index in [-0.39, 0.29) is 5.75 Å². The van der Waals surface area contributed by atoms with Crippen molar-refractivity contribution >= 4 is 32.5 Å². The van der Waals surface area contributed by atoms with Crippen molar-refractivity contribution in [1.29, 1.82) is 0 Å². The zero-order chi connectivity index (χ0) is 19.1. The first kappa shape index (κ1) is 18.1. The molecule has 1 saturated heterocycles. The largest absolute Gasteiger partial charge is 0.506 e. The normalized spacial score (nSPS) is 20.0. The first-order valence-corrected chi connectivity index (χ1v) is 9.82. The van der Waals surface area contributed by atoms with Crippen LogP contribution in [0.1, 0.15) is 24.5 Å². The van der Waals surface area contributed by atoms with Gasteiger partial charge in [0.05, 0.1) is 10.9 Å². The molecule has 142 valence electrons. The molecule has 6 nitrogen and oxygen atoms in total. The van der Waals surface area contributed by atoms with Crippen LogP contribution in [0.25, 0.3) is 16.0 Å². The average Bonchev–Trinajstić information content (AvgIpc) is 3.11. The molecule has 3 heterocycles. The number of aromatic hydroxyl groups is 1. The molecule has 0 amide bonds. The minimum Gasteiger partial charge on any atom is -0.506 e. The number of aryl methyl sites for hydroxylation is 2. The lowest BCUT2D eigenvalue weighted by Gasteiger charge is -2.25. The van der Waals surface area contributed by atoms with Crippen molar-refractivity contribution in [3.63, 3.8) is 0 Å². The Balaban J connectivity index is 1.68. The van der Waals surface area contributed by atoms with Gasteiger partial charge in [-0.05, 0) is 37.6 Å². The second-order valence-corrected chi connectivity index (χ2v) is 8.09. The molecule has 1 N–H and O–H groups in total. The molecule has 0 unspecified atom stereocenters. The van der Waals surface area contributed by atoms with Crippen molar-refractivity contribution in [2.75, 3.05) is 20.1 Å². The maximum absolute atomic E-state index is 13.7. The fourth-order valence-electron chi connectivity index (χ4n) is 3.56. The summed E-state index contributed by atoms with van der Waals surface area (Å²) in [6, 6.07) is 3.80. The zero-order valence-electron chi connectivity index (χ0n) is 15.6. The minimum atomic E-state index is -0.877. The van der Waals surface area contributed by atoms with Crippen molar-refractivity contribution in [3.05, 3.63) is 29.5 Å². The number of rotatable bonds is 3. The van der Waals surface area contributed by atoms with Crippen LogP contribution in [0.2, 0.25) is 0 Å². The molecule has 1 aliphatic heterocycles. The van der Waals surface area contributed by atoms with Gasteiger partial charge in [0.2, 0.25) is 5.13 Å². The van der Waals surface area contributed by atoms with Crippen LogP contribution in [0.4, 0.5) is 9.52 Å². The first-order valence-electron chi connectivity index (χ1n) is 9.01. The van der Waals surface area contributed by atoms with Crippen LogP contribution < -0.4 is 0 Å². The lowest BCUT2D eigenvalue weighted by molar-refractivity contribution is 0.222. The fourth-order valence-corrected chi connectivity index (χ4v) is 4.39. The maximum Gasteiger partial charge on any atom is 0.211 e. The Kier molecular flexibility index (Phi) is 4.69. The summed E-state index contributed by atoms with van der Waals surface area (Å²) in [5.74, 6) is 0.210. The Labute approximate surface area is 161 Å². The number of hydrogen-bond donors (Lipinski definition) is 1. The second kappa shape index (κ2) is 7.01. The van der Waals surface area contributed by atoms with Crippen molar-refractivity contribution in [1.82, 2.24) is 19.7 Å². The van der Waals surface area contributed by atoms with Crippen LogP contribution in [0.5, 0.6) is 5.75 Å². The molecule has 2 aromatic heterocycles. The number of benzene rings is 1. The van der Waals surface area contributed by atoms with Gasteiger partial charge in [-0.15, -0.1) is 5.10 Å². The highest BCUT2D eigenvalue weighted by atomic mass is 32.1. The number of aliphatic imine (C=N–C) groups is 1.